The molecule has 0 heterocycles. The molecule has 0 aliphatic heterocycles. The van der Waals surface area contributed by atoms with Gasteiger partial charge in [-0.2, -0.15) is 0 Å². The molecule has 0 rings (SSSR count). The van der Waals surface area contributed by atoms with Gasteiger partial charge in [0.25, 0.3) is 0 Å². The van der Waals surface area contributed by atoms with Gasteiger partial charge in [0.05, 0.1) is 13.7 Å². The highest BCUT2D eigenvalue weighted by molar-refractivity contribution is 4.50. The Bertz CT molecular complexity index is 228. The van der Waals surface area contributed by atoms with Crippen LogP contribution in [0.4, 0.5) is 0 Å². The lowest BCUT2D eigenvalue weighted by Crippen LogP contribution is -2.21. The van der Waals surface area contributed by atoms with Crippen LogP contribution in [0.3, 0.4) is 0 Å². The topological polar surface area (TPSA) is 36.9 Å². The van der Waals surface area contributed by atoms with Crippen molar-refractivity contribution in [2.45, 2.75) is 116 Å². The summed E-state index contributed by atoms with van der Waals surface area (Å²) in [5.41, 5.74) is 0. The van der Waals surface area contributed by atoms with Gasteiger partial charge in [-0.05, 0) is 12.8 Å². The molecule has 0 N–H and O–H groups in total. The molecule has 0 atom stereocenters. The number of unbranched alkanes of at least 4 members (excludes halogenated alkanes) is 12. The van der Waals surface area contributed by atoms with Crippen LogP contribution < -0.4 is 0 Å². The SMILES string of the molecule is CCCCCCCCCOC(CCOOC)OCCCCCCCCC. The number of ether oxygens (including phenoxy) is 2. The second kappa shape index (κ2) is 22.9. The zero-order chi connectivity index (χ0) is 19.1. The van der Waals surface area contributed by atoms with E-state index in [4.69, 9.17) is 14.4 Å². The monoisotopic (exact) mass is 374 g/mol. The van der Waals surface area contributed by atoms with Crippen molar-refractivity contribution >= 4 is 0 Å². The predicted molar refractivity (Wildman–Crippen MR) is 109 cm³/mol. The van der Waals surface area contributed by atoms with Gasteiger partial charge in [-0.3, -0.25) is 0 Å². The first kappa shape index (κ1) is 25.8. The number of hydrogen-bond donors (Lipinski definition) is 0. The average Bonchev–Trinajstić information content (AvgIpc) is 2.65. The lowest BCUT2D eigenvalue weighted by atomic mass is 10.1. The molecule has 158 valence electrons. The highest BCUT2D eigenvalue weighted by Crippen LogP contribution is 2.11. The zero-order valence-electron chi connectivity index (χ0n) is 17.9. The van der Waals surface area contributed by atoms with Gasteiger partial charge in [-0.15, -0.1) is 0 Å². The first-order chi connectivity index (χ1) is 12.8. The van der Waals surface area contributed by atoms with Crippen LogP contribution in [0.1, 0.15) is 110 Å². The molecule has 4 nitrogen and oxygen atoms in total. The Balaban J connectivity index is 3.63. The van der Waals surface area contributed by atoms with Crippen molar-refractivity contribution in [1.82, 2.24) is 0 Å². The molecule has 0 aromatic rings. The summed E-state index contributed by atoms with van der Waals surface area (Å²) in [7, 11) is 1.54. The molecule has 0 aromatic heterocycles. The zero-order valence-corrected chi connectivity index (χ0v) is 17.9. The quantitative estimate of drug-likeness (QED) is 0.0902. The van der Waals surface area contributed by atoms with E-state index in [1.807, 2.05) is 0 Å². The lowest BCUT2D eigenvalue weighted by molar-refractivity contribution is -0.282. The van der Waals surface area contributed by atoms with Crippen LogP contribution in [0.25, 0.3) is 0 Å². The van der Waals surface area contributed by atoms with E-state index in [0.29, 0.717) is 6.61 Å². The molecule has 0 radical (unpaired) electrons. The summed E-state index contributed by atoms with van der Waals surface area (Å²) < 4.78 is 11.8. The molecule has 0 unspecified atom stereocenters. The number of rotatable bonds is 22. The smallest absolute Gasteiger partial charge is 0.159 e. The maximum absolute atomic E-state index is 5.92. The van der Waals surface area contributed by atoms with Crippen molar-refractivity contribution in [2.75, 3.05) is 26.9 Å². The van der Waals surface area contributed by atoms with Crippen molar-refractivity contribution < 1.29 is 19.2 Å². The van der Waals surface area contributed by atoms with Crippen LogP contribution >= 0.6 is 0 Å². The van der Waals surface area contributed by atoms with Crippen LogP contribution in [0, 0.1) is 0 Å². The van der Waals surface area contributed by atoms with E-state index >= 15 is 0 Å². The number of hydrogen-bond acceptors (Lipinski definition) is 4. The van der Waals surface area contributed by atoms with Gasteiger partial charge in [0, 0.05) is 19.6 Å². The van der Waals surface area contributed by atoms with Gasteiger partial charge >= 0.3 is 0 Å². The van der Waals surface area contributed by atoms with E-state index in [1.54, 1.807) is 0 Å². The molecule has 26 heavy (non-hydrogen) atoms. The Morgan fingerprint density at radius 3 is 1.38 bits per heavy atom. The van der Waals surface area contributed by atoms with E-state index in [2.05, 4.69) is 18.7 Å². The fourth-order valence-electron chi connectivity index (χ4n) is 2.99. The Kier molecular flexibility index (Phi) is 22.7. The van der Waals surface area contributed by atoms with E-state index < -0.39 is 0 Å². The van der Waals surface area contributed by atoms with E-state index in [9.17, 15) is 0 Å². The van der Waals surface area contributed by atoms with E-state index in [1.165, 1.54) is 84.2 Å². The highest BCUT2D eigenvalue weighted by atomic mass is 17.2. The summed E-state index contributed by atoms with van der Waals surface area (Å²) in [6, 6.07) is 0. The minimum Gasteiger partial charge on any atom is -0.353 e. The molecule has 0 bridgehead atoms. The minimum absolute atomic E-state index is 0.162. The van der Waals surface area contributed by atoms with Crippen molar-refractivity contribution in [3.63, 3.8) is 0 Å². The molecule has 0 amide bonds. The third kappa shape index (κ3) is 20.2. The fraction of sp³-hybridized carbons (Fsp3) is 1.00. The normalized spacial score (nSPS) is 11.5. The molecule has 0 aliphatic carbocycles. The van der Waals surface area contributed by atoms with Crippen LogP contribution in [0.5, 0.6) is 0 Å². The lowest BCUT2D eigenvalue weighted by Gasteiger charge is -2.18. The summed E-state index contributed by atoms with van der Waals surface area (Å²) in [5.74, 6) is 0. The van der Waals surface area contributed by atoms with E-state index in [-0.39, 0.29) is 6.29 Å². The molecule has 0 spiro atoms. The van der Waals surface area contributed by atoms with Gasteiger partial charge in [0.2, 0.25) is 0 Å². The van der Waals surface area contributed by atoms with Gasteiger partial charge < -0.3 is 9.47 Å². The van der Waals surface area contributed by atoms with Gasteiger partial charge in [0.1, 0.15) is 0 Å². The standard InChI is InChI=1S/C22H46O4/c1-4-6-8-10-12-14-16-19-24-22(18-21-26-23-3)25-20-17-15-13-11-9-7-5-2/h22H,4-21H2,1-3H3. The summed E-state index contributed by atoms with van der Waals surface area (Å²) in [5, 5.41) is 0. The largest absolute Gasteiger partial charge is 0.353 e. The second-order valence-corrected chi connectivity index (χ2v) is 7.19. The summed E-state index contributed by atoms with van der Waals surface area (Å²) in [6.45, 7) is 6.58. The van der Waals surface area contributed by atoms with Crippen molar-refractivity contribution in [3.05, 3.63) is 0 Å². The van der Waals surface area contributed by atoms with Crippen LogP contribution in [0.2, 0.25) is 0 Å². The minimum atomic E-state index is -0.162. The van der Waals surface area contributed by atoms with Crippen molar-refractivity contribution in [1.29, 1.82) is 0 Å². The average molecular weight is 375 g/mol. The fourth-order valence-corrected chi connectivity index (χ4v) is 2.99. The third-order valence-electron chi connectivity index (χ3n) is 4.66. The van der Waals surface area contributed by atoms with Gasteiger partial charge in [-0.1, -0.05) is 90.9 Å². The van der Waals surface area contributed by atoms with Gasteiger partial charge in [-0.25, -0.2) is 9.78 Å². The molecule has 0 saturated carbocycles. The molecule has 4 heteroatoms. The molecule has 0 aliphatic rings. The highest BCUT2D eigenvalue weighted by Gasteiger charge is 2.09. The Labute approximate surface area is 163 Å². The molecule has 0 fully saturated rings. The molecule has 0 aromatic carbocycles. The molecule has 0 saturated heterocycles. The third-order valence-corrected chi connectivity index (χ3v) is 4.66. The van der Waals surface area contributed by atoms with Crippen LogP contribution in [-0.4, -0.2) is 33.2 Å². The van der Waals surface area contributed by atoms with Crippen LogP contribution in [-0.2, 0) is 19.2 Å². The second-order valence-electron chi connectivity index (χ2n) is 7.19. The summed E-state index contributed by atoms with van der Waals surface area (Å²) >= 11 is 0. The van der Waals surface area contributed by atoms with Gasteiger partial charge in [0.15, 0.2) is 6.29 Å². The van der Waals surface area contributed by atoms with Crippen LogP contribution in [0.15, 0.2) is 0 Å². The van der Waals surface area contributed by atoms with Crippen molar-refractivity contribution in [2.24, 2.45) is 0 Å². The Hall–Kier alpha value is -0.160. The Morgan fingerprint density at radius 1 is 0.538 bits per heavy atom. The molecular weight excluding hydrogens is 328 g/mol. The maximum Gasteiger partial charge on any atom is 0.159 e. The first-order valence-electron chi connectivity index (χ1n) is 11.2. The first-order valence-corrected chi connectivity index (χ1v) is 11.2. The summed E-state index contributed by atoms with van der Waals surface area (Å²) in [6.07, 6.45) is 18.7. The van der Waals surface area contributed by atoms with E-state index in [0.717, 1.165) is 32.5 Å². The Morgan fingerprint density at radius 2 is 0.962 bits per heavy atom. The summed E-state index contributed by atoms with van der Waals surface area (Å²) in [4.78, 5) is 9.63. The predicted octanol–water partition coefficient (Wildman–Crippen LogP) is 6.82. The molecular formula is C22H46O4. The van der Waals surface area contributed by atoms with Crippen molar-refractivity contribution in [3.8, 4) is 0 Å². The maximum atomic E-state index is 5.92.